The highest BCUT2D eigenvalue weighted by atomic mass is 16.5. The standard InChI is InChI=1S/C28H33N3O3/c1-21(2)16-17-34-26-13-7-10-23(19-26)29-20-28(33)31-25-12-6-11-24(18-25)30-27(32)15-14-22-8-4-3-5-9-22/h3-13,18-19,21,29H,14-17,20H2,1-2H3,(H,30,32)(H,31,33). The molecule has 3 N–H and O–H groups in total. The largest absolute Gasteiger partial charge is 0.494 e. The average Bonchev–Trinajstić information content (AvgIpc) is 2.82. The summed E-state index contributed by atoms with van der Waals surface area (Å²) in [6.07, 6.45) is 2.07. The number of hydrogen-bond acceptors (Lipinski definition) is 4. The number of rotatable bonds is 12. The van der Waals surface area contributed by atoms with Gasteiger partial charge in [-0.3, -0.25) is 9.59 Å². The summed E-state index contributed by atoms with van der Waals surface area (Å²) in [7, 11) is 0. The SMILES string of the molecule is CC(C)CCOc1cccc(NCC(=O)Nc2cccc(NC(=O)CCc3ccccc3)c2)c1. The van der Waals surface area contributed by atoms with Crippen LogP contribution < -0.4 is 20.7 Å². The molecule has 0 aliphatic rings. The third-order valence-corrected chi connectivity index (χ3v) is 5.16. The summed E-state index contributed by atoms with van der Waals surface area (Å²) in [5.41, 5.74) is 3.21. The lowest BCUT2D eigenvalue weighted by atomic mass is 10.1. The first-order chi connectivity index (χ1) is 16.5. The van der Waals surface area contributed by atoms with Gasteiger partial charge in [-0.15, -0.1) is 0 Å². The number of benzene rings is 3. The van der Waals surface area contributed by atoms with Gasteiger partial charge >= 0.3 is 0 Å². The van der Waals surface area contributed by atoms with Crippen molar-refractivity contribution < 1.29 is 14.3 Å². The number of aryl methyl sites for hydroxylation is 1. The molecule has 0 aliphatic heterocycles. The molecule has 3 rings (SSSR count). The van der Waals surface area contributed by atoms with Crippen LogP contribution in [0, 0.1) is 5.92 Å². The molecule has 2 amide bonds. The Labute approximate surface area is 201 Å². The second kappa shape index (κ2) is 13.0. The molecule has 0 heterocycles. The van der Waals surface area contributed by atoms with Crippen molar-refractivity contribution in [2.75, 3.05) is 29.1 Å². The smallest absolute Gasteiger partial charge is 0.243 e. The van der Waals surface area contributed by atoms with Gasteiger partial charge in [0.1, 0.15) is 5.75 Å². The van der Waals surface area contributed by atoms with Crippen molar-refractivity contribution in [1.29, 1.82) is 0 Å². The van der Waals surface area contributed by atoms with Crippen LogP contribution in [0.2, 0.25) is 0 Å². The van der Waals surface area contributed by atoms with Crippen molar-refractivity contribution in [3.8, 4) is 5.75 Å². The quantitative estimate of drug-likeness (QED) is 0.323. The number of ether oxygens (including phenoxy) is 1. The lowest BCUT2D eigenvalue weighted by Gasteiger charge is -2.12. The molecule has 0 fully saturated rings. The highest BCUT2D eigenvalue weighted by Crippen LogP contribution is 2.19. The van der Waals surface area contributed by atoms with Crippen LogP contribution in [0.5, 0.6) is 5.75 Å². The molecule has 0 aliphatic carbocycles. The van der Waals surface area contributed by atoms with Gasteiger partial charge in [0.05, 0.1) is 13.2 Å². The van der Waals surface area contributed by atoms with Crippen LogP contribution in [-0.2, 0) is 16.0 Å². The fourth-order valence-corrected chi connectivity index (χ4v) is 3.30. The third kappa shape index (κ3) is 8.98. The summed E-state index contributed by atoms with van der Waals surface area (Å²) in [6.45, 7) is 5.11. The first-order valence-corrected chi connectivity index (χ1v) is 11.7. The molecular weight excluding hydrogens is 426 g/mol. The van der Waals surface area contributed by atoms with Crippen LogP contribution in [0.15, 0.2) is 78.9 Å². The molecule has 6 heteroatoms. The van der Waals surface area contributed by atoms with Gasteiger partial charge in [-0.05, 0) is 54.7 Å². The number of hydrogen-bond donors (Lipinski definition) is 3. The zero-order chi connectivity index (χ0) is 24.2. The Balaban J connectivity index is 1.44. The number of nitrogens with one attached hydrogen (secondary N) is 3. The number of carbonyl (C=O) groups is 2. The van der Waals surface area contributed by atoms with E-state index in [0.717, 1.165) is 23.4 Å². The van der Waals surface area contributed by atoms with Gasteiger partial charge in [-0.25, -0.2) is 0 Å². The summed E-state index contributed by atoms with van der Waals surface area (Å²) >= 11 is 0. The fourth-order valence-electron chi connectivity index (χ4n) is 3.30. The van der Waals surface area contributed by atoms with Gasteiger partial charge in [0.25, 0.3) is 0 Å². The molecule has 3 aromatic carbocycles. The van der Waals surface area contributed by atoms with Crippen LogP contribution in [0.1, 0.15) is 32.3 Å². The van der Waals surface area contributed by atoms with Crippen LogP contribution in [0.25, 0.3) is 0 Å². The minimum atomic E-state index is -0.182. The predicted molar refractivity (Wildman–Crippen MR) is 138 cm³/mol. The molecule has 0 spiro atoms. The molecule has 0 aromatic heterocycles. The highest BCUT2D eigenvalue weighted by Gasteiger charge is 2.07. The normalized spacial score (nSPS) is 10.6. The summed E-state index contributed by atoms with van der Waals surface area (Å²) in [5, 5.41) is 8.88. The molecular formula is C28H33N3O3. The monoisotopic (exact) mass is 459 g/mol. The van der Waals surface area contributed by atoms with E-state index in [1.54, 1.807) is 24.3 Å². The van der Waals surface area contributed by atoms with Crippen LogP contribution in [0.4, 0.5) is 17.1 Å². The Bertz CT molecular complexity index is 1070. The van der Waals surface area contributed by atoms with Crippen molar-refractivity contribution in [1.82, 2.24) is 0 Å². The number of carbonyl (C=O) groups excluding carboxylic acids is 2. The maximum absolute atomic E-state index is 12.4. The van der Waals surface area contributed by atoms with E-state index in [9.17, 15) is 9.59 Å². The molecule has 6 nitrogen and oxygen atoms in total. The Morgan fingerprint density at radius 2 is 1.47 bits per heavy atom. The van der Waals surface area contributed by atoms with E-state index in [0.29, 0.717) is 36.7 Å². The van der Waals surface area contributed by atoms with E-state index in [1.165, 1.54) is 0 Å². The minimum Gasteiger partial charge on any atom is -0.494 e. The van der Waals surface area contributed by atoms with Crippen LogP contribution >= 0.6 is 0 Å². The Hall–Kier alpha value is -3.80. The molecule has 0 saturated heterocycles. The Morgan fingerprint density at radius 3 is 2.21 bits per heavy atom. The van der Waals surface area contributed by atoms with Gasteiger partial charge in [0.2, 0.25) is 11.8 Å². The maximum atomic E-state index is 12.4. The van der Waals surface area contributed by atoms with E-state index in [1.807, 2.05) is 54.6 Å². The number of anilines is 3. The third-order valence-electron chi connectivity index (χ3n) is 5.16. The molecule has 34 heavy (non-hydrogen) atoms. The van der Waals surface area contributed by atoms with Gasteiger partial charge in [-0.2, -0.15) is 0 Å². The zero-order valence-electron chi connectivity index (χ0n) is 19.8. The second-order valence-electron chi connectivity index (χ2n) is 8.58. The lowest BCUT2D eigenvalue weighted by Crippen LogP contribution is -2.22. The topological polar surface area (TPSA) is 79.5 Å². The summed E-state index contributed by atoms with van der Waals surface area (Å²) in [6, 6.07) is 24.6. The molecule has 0 unspecified atom stereocenters. The van der Waals surface area contributed by atoms with E-state index in [2.05, 4.69) is 29.8 Å². The van der Waals surface area contributed by atoms with Crippen molar-refractivity contribution in [2.45, 2.75) is 33.1 Å². The van der Waals surface area contributed by atoms with E-state index < -0.39 is 0 Å². The summed E-state index contributed by atoms with van der Waals surface area (Å²) < 4.78 is 5.77. The number of amides is 2. The van der Waals surface area contributed by atoms with Crippen molar-refractivity contribution in [2.24, 2.45) is 5.92 Å². The van der Waals surface area contributed by atoms with Crippen LogP contribution in [0.3, 0.4) is 0 Å². The van der Waals surface area contributed by atoms with Crippen LogP contribution in [-0.4, -0.2) is 25.0 Å². The molecule has 0 saturated carbocycles. The van der Waals surface area contributed by atoms with E-state index in [4.69, 9.17) is 4.74 Å². The van der Waals surface area contributed by atoms with Crippen molar-refractivity contribution in [3.63, 3.8) is 0 Å². The summed E-state index contributed by atoms with van der Waals surface area (Å²) in [4.78, 5) is 24.7. The molecule has 178 valence electrons. The Morgan fingerprint density at radius 1 is 0.794 bits per heavy atom. The molecule has 0 radical (unpaired) electrons. The second-order valence-corrected chi connectivity index (χ2v) is 8.58. The van der Waals surface area contributed by atoms with Crippen molar-refractivity contribution in [3.05, 3.63) is 84.4 Å². The molecule has 0 atom stereocenters. The Kier molecular flexibility index (Phi) is 9.52. The molecule has 0 bridgehead atoms. The van der Waals surface area contributed by atoms with Crippen molar-refractivity contribution >= 4 is 28.9 Å². The van der Waals surface area contributed by atoms with E-state index >= 15 is 0 Å². The highest BCUT2D eigenvalue weighted by molar-refractivity contribution is 5.95. The lowest BCUT2D eigenvalue weighted by molar-refractivity contribution is -0.116. The van der Waals surface area contributed by atoms with Gasteiger partial charge in [-0.1, -0.05) is 56.3 Å². The summed E-state index contributed by atoms with van der Waals surface area (Å²) in [5.74, 6) is 1.12. The molecule has 3 aromatic rings. The first kappa shape index (κ1) is 24.8. The van der Waals surface area contributed by atoms with Gasteiger partial charge < -0.3 is 20.7 Å². The maximum Gasteiger partial charge on any atom is 0.243 e. The zero-order valence-corrected chi connectivity index (χ0v) is 19.8. The predicted octanol–water partition coefficient (Wildman–Crippen LogP) is 5.73. The fraction of sp³-hybridized carbons (Fsp3) is 0.286. The first-order valence-electron chi connectivity index (χ1n) is 11.7. The minimum absolute atomic E-state index is 0.0653. The van der Waals surface area contributed by atoms with E-state index in [-0.39, 0.29) is 18.4 Å². The van der Waals surface area contributed by atoms with Gasteiger partial charge in [0.15, 0.2) is 0 Å². The van der Waals surface area contributed by atoms with Gasteiger partial charge in [0, 0.05) is 29.5 Å². The average molecular weight is 460 g/mol.